The van der Waals surface area contributed by atoms with E-state index in [2.05, 4.69) is 31.3 Å². The van der Waals surface area contributed by atoms with Gasteiger partial charge in [-0.2, -0.15) is 0 Å². The minimum atomic E-state index is -2.90. The lowest BCUT2D eigenvalue weighted by molar-refractivity contribution is 0.507. The van der Waals surface area contributed by atoms with Gasteiger partial charge in [-0.25, -0.2) is 8.42 Å². The third-order valence-corrected chi connectivity index (χ3v) is 4.03. The van der Waals surface area contributed by atoms with E-state index in [1.807, 2.05) is 18.2 Å². The summed E-state index contributed by atoms with van der Waals surface area (Å²) in [7, 11) is -2.90. The predicted octanol–water partition coefficient (Wildman–Crippen LogP) is 2.45. The molecule has 19 heavy (non-hydrogen) atoms. The van der Waals surface area contributed by atoms with Crippen LogP contribution in [0.1, 0.15) is 31.7 Å². The second-order valence-corrected chi connectivity index (χ2v) is 7.84. The summed E-state index contributed by atoms with van der Waals surface area (Å²) in [4.78, 5) is 0. The van der Waals surface area contributed by atoms with Crippen molar-refractivity contribution in [2.45, 2.75) is 26.2 Å². The van der Waals surface area contributed by atoms with E-state index in [4.69, 9.17) is 0 Å². The van der Waals surface area contributed by atoms with Crippen LogP contribution in [0.4, 0.5) is 0 Å². The molecule has 1 aromatic rings. The molecule has 0 radical (unpaired) electrons. The van der Waals surface area contributed by atoms with Gasteiger partial charge in [0.05, 0.1) is 5.75 Å². The van der Waals surface area contributed by atoms with Gasteiger partial charge < -0.3 is 5.32 Å². The SMILES string of the molecule is CC(C)CNCC(CCS(C)(=O)=O)c1ccccc1. The molecule has 0 aliphatic heterocycles. The lowest BCUT2D eigenvalue weighted by atomic mass is 9.96. The van der Waals surface area contributed by atoms with Gasteiger partial charge in [0.15, 0.2) is 0 Å². The maximum atomic E-state index is 11.3. The summed E-state index contributed by atoms with van der Waals surface area (Å²) < 4.78 is 22.7. The quantitative estimate of drug-likeness (QED) is 0.797. The second-order valence-electron chi connectivity index (χ2n) is 5.58. The maximum absolute atomic E-state index is 11.3. The molecule has 0 saturated carbocycles. The molecule has 0 fully saturated rings. The Labute approximate surface area is 117 Å². The highest BCUT2D eigenvalue weighted by atomic mass is 32.2. The van der Waals surface area contributed by atoms with Crippen molar-refractivity contribution in [1.29, 1.82) is 0 Å². The summed E-state index contributed by atoms with van der Waals surface area (Å²) in [6.07, 6.45) is 1.98. The highest BCUT2D eigenvalue weighted by molar-refractivity contribution is 7.90. The van der Waals surface area contributed by atoms with Crippen LogP contribution in [0.3, 0.4) is 0 Å². The van der Waals surface area contributed by atoms with E-state index in [1.165, 1.54) is 11.8 Å². The molecule has 0 amide bonds. The van der Waals surface area contributed by atoms with Crippen LogP contribution in [0, 0.1) is 5.92 Å². The van der Waals surface area contributed by atoms with E-state index in [0.29, 0.717) is 12.3 Å². The molecule has 1 N–H and O–H groups in total. The summed E-state index contributed by atoms with van der Waals surface area (Å²) in [5.74, 6) is 1.11. The number of benzene rings is 1. The Kier molecular flexibility index (Phi) is 6.52. The smallest absolute Gasteiger partial charge is 0.147 e. The average molecular weight is 283 g/mol. The van der Waals surface area contributed by atoms with Crippen molar-refractivity contribution in [2.75, 3.05) is 25.1 Å². The van der Waals surface area contributed by atoms with Crippen molar-refractivity contribution in [3.8, 4) is 0 Å². The Morgan fingerprint density at radius 3 is 2.26 bits per heavy atom. The van der Waals surface area contributed by atoms with Crippen molar-refractivity contribution >= 4 is 9.84 Å². The molecule has 1 aromatic carbocycles. The lowest BCUT2D eigenvalue weighted by Crippen LogP contribution is -2.26. The first-order valence-corrected chi connectivity index (χ1v) is 8.88. The molecule has 1 atom stereocenters. The molecule has 0 heterocycles. The fourth-order valence-corrected chi connectivity index (χ4v) is 2.73. The number of hydrogen-bond acceptors (Lipinski definition) is 3. The predicted molar refractivity (Wildman–Crippen MR) is 81.2 cm³/mol. The van der Waals surface area contributed by atoms with Gasteiger partial charge in [0, 0.05) is 12.8 Å². The standard InChI is InChI=1S/C15H25NO2S/c1-13(2)11-16-12-15(9-10-19(3,17)18)14-7-5-4-6-8-14/h4-8,13,15-16H,9-12H2,1-3H3. The fraction of sp³-hybridized carbons (Fsp3) is 0.600. The van der Waals surface area contributed by atoms with Crippen LogP contribution in [0.5, 0.6) is 0 Å². The minimum Gasteiger partial charge on any atom is -0.316 e. The molecule has 0 aliphatic carbocycles. The van der Waals surface area contributed by atoms with Gasteiger partial charge in [0.25, 0.3) is 0 Å². The molecule has 0 aromatic heterocycles. The van der Waals surface area contributed by atoms with E-state index in [9.17, 15) is 8.42 Å². The minimum absolute atomic E-state index is 0.246. The van der Waals surface area contributed by atoms with Crippen LogP contribution >= 0.6 is 0 Å². The summed E-state index contributed by atoms with van der Waals surface area (Å²) in [5.41, 5.74) is 1.21. The van der Waals surface area contributed by atoms with E-state index in [1.54, 1.807) is 0 Å². The Morgan fingerprint density at radius 1 is 1.11 bits per heavy atom. The van der Waals surface area contributed by atoms with Crippen LogP contribution in [0.25, 0.3) is 0 Å². The summed E-state index contributed by atoms with van der Waals surface area (Å²) in [6.45, 7) is 6.13. The molecule has 3 nitrogen and oxygen atoms in total. The third-order valence-electron chi connectivity index (χ3n) is 3.05. The van der Waals surface area contributed by atoms with Crippen molar-refractivity contribution in [3.05, 3.63) is 35.9 Å². The maximum Gasteiger partial charge on any atom is 0.147 e. The third kappa shape index (κ3) is 7.33. The van der Waals surface area contributed by atoms with E-state index >= 15 is 0 Å². The number of hydrogen-bond donors (Lipinski definition) is 1. The largest absolute Gasteiger partial charge is 0.316 e. The fourth-order valence-electron chi connectivity index (χ4n) is 2.01. The topological polar surface area (TPSA) is 46.2 Å². The van der Waals surface area contributed by atoms with Gasteiger partial charge in [0.1, 0.15) is 9.84 Å². The van der Waals surface area contributed by atoms with Crippen LogP contribution in [-0.4, -0.2) is 33.5 Å². The van der Waals surface area contributed by atoms with Crippen LogP contribution in [0.2, 0.25) is 0 Å². The Balaban J connectivity index is 2.63. The van der Waals surface area contributed by atoms with Crippen LogP contribution < -0.4 is 5.32 Å². The Morgan fingerprint density at radius 2 is 1.74 bits per heavy atom. The highest BCUT2D eigenvalue weighted by Gasteiger charge is 2.14. The zero-order chi connectivity index (χ0) is 14.3. The monoisotopic (exact) mass is 283 g/mol. The molecule has 4 heteroatoms. The van der Waals surface area contributed by atoms with Crippen molar-refractivity contribution in [3.63, 3.8) is 0 Å². The van der Waals surface area contributed by atoms with Crippen molar-refractivity contribution in [1.82, 2.24) is 5.32 Å². The molecular formula is C15H25NO2S. The van der Waals surface area contributed by atoms with E-state index in [-0.39, 0.29) is 11.7 Å². The first-order chi connectivity index (χ1) is 8.88. The van der Waals surface area contributed by atoms with Gasteiger partial charge in [-0.05, 0) is 30.4 Å². The zero-order valence-electron chi connectivity index (χ0n) is 12.1. The molecule has 108 valence electrons. The van der Waals surface area contributed by atoms with Crippen molar-refractivity contribution < 1.29 is 8.42 Å². The summed E-state index contributed by atoms with van der Waals surface area (Å²) >= 11 is 0. The first kappa shape index (κ1) is 16.2. The highest BCUT2D eigenvalue weighted by Crippen LogP contribution is 2.19. The van der Waals surface area contributed by atoms with Gasteiger partial charge >= 0.3 is 0 Å². The molecule has 0 saturated heterocycles. The summed E-state index contributed by atoms with van der Waals surface area (Å²) in [6, 6.07) is 10.1. The number of nitrogens with one attached hydrogen (secondary N) is 1. The zero-order valence-corrected chi connectivity index (χ0v) is 12.9. The normalized spacial score (nSPS) is 13.7. The van der Waals surface area contributed by atoms with E-state index in [0.717, 1.165) is 13.1 Å². The van der Waals surface area contributed by atoms with Crippen LogP contribution in [-0.2, 0) is 9.84 Å². The molecular weight excluding hydrogens is 258 g/mol. The Bertz CT molecular complexity index is 454. The molecule has 1 unspecified atom stereocenters. The van der Waals surface area contributed by atoms with Gasteiger partial charge in [-0.3, -0.25) is 0 Å². The molecule has 0 aliphatic rings. The van der Waals surface area contributed by atoms with Crippen LogP contribution in [0.15, 0.2) is 30.3 Å². The van der Waals surface area contributed by atoms with Gasteiger partial charge in [0.2, 0.25) is 0 Å². The number of sulfone groups is 1. The Hall–Kier alpha value is -0.870. The molecule has 0 bridgehead atoms. The van der Waals surface area contributed by atoms with Gasteiger partial charge in [-0.1, -0.05) is 44.2 Å². The molecule has 0 spiro atoms. The lowest BCUT2D eigenvalue weighted by Gasteiger charge is -2.18. The van der Waals surface area contributed by atoms with Crippen molar-refractivity contribution in [2.24, 2.45) is 5.92 Å². The molecule has 1 rings (SSSR count). The summed E-state index contributed by atoms with van der Waals surface area (Å²) in [5, 5.41) is 3.42. The van der Waals surface area contributed by atoms with E-state index < -0.39 is 9.84 Å². The van der Waals surface area contributed by atoms with Gasteiger partial charge in [-0.15, -0.1) is 0 Å². The first-order valence-electron chi connectivity index (χ1n) is 6.82. The number of rotatable bonds is 8. The second kappa shape index (κ2) is 7.65. The average Bonchev–Trinajstić information content (AvgIpc) is 2.33.